The molecule has 0 unspecified atom stereocenters. The van der Waals surface area contributed by atoms with Crippen molar-refractivity contribution in [3.63, 3.8) is 0 Å². The van der Waals surface area contributed by atoms with E-state index in [0.29, 0.717) is 5.88 Å². The number of unbranched alkanes of at least 4 members (excludes halogenated alkanes) is 1. The third kappa shape index (κ3) is 3.75. The van der Waals surface area contributed by atoms with Crippen LogP contribution in [0.4, 0.5) is 0 Å². The summed E-state index contributed by atoms with van der Waals surface area (Å²) in [7, 11) is 0. The molecule has 0 atom stereocenters. The Morgan fingerprint density at radius 1 is 1.00 bits per heavy atom. The molecule has 100 valence electrons. The molecule has 2 heteroatoms. The van der Waals surface area contributed by atoms with E-state index in [2.05, 4.69) is 31.2 Å². The van der Waals surface area contributed by atoms with Gasteiger partial charge >= 0.3 is 0 Å². The summed E-state index contributed by atoms with van der Waals surface area (Å²) in [6.07, 6.45) is 3.62. The van der Waals surface area contributed by atoms with Crippen LogP contribution in [-0.4, -0.2) is 0 Å². The van der Waals surface area contributed by atoms with Gasteiger partial charge in [0.1, 0.15) is 0 Å². The van der Waals surface area contributed by atoms with E-state index in [9.17, 15) is 0 Å². The molecule has 2 rings (SSSR count). The van der Waals surface area contributed by atoms with Crippen molar-refractivity contribution in [3.8, 4) is 11.1 Å². The lowest BCUT2D eigenvalue weighted by atomic mass is 9.98. The normalized spacial score (nSPS) is 10.7. The van der Waals surface area contributed by atoms with Gasteiger partial charge in [0.15, 0.2) is 0 Å². The standard InChI is InChI=1S/C17H18Cl2/c1-2-3-4-13-5-7-14(8-6-13)17-11-16(19)10-9-15(17)12-18/h5-11H,2-4,12H2,1H3. The quantitative estimate of drug-likeness (QED) is 0.585. The molecule has 2 aromatic carbocycles. The first kappa shape index (κ1) is 14.4. The molecule has 0 aromatic heterocycles. The first-order valence-corrected chi connectivity index (χ1v) is 7.59. The van der Waals surface area contributed by atoms with E-state index < -0.39 is 0 Å². The Kier molecular flexibility index (Phi) is 5.30. The van der Waals surface area contributed by atoms with Crippen molar-refractivity contribution in [1.82, 2.24) is 0 Å². The maximum Gasteiger partial charge on any atom is 0.0480 e. The summed E-state index contributed by atoms with van der Waals surface area (Å²) < 4.78 is 0. The number of alkyl halides is 1. The van der Waals surface area contributed by atoms with Gasteiger partial charge in [-0.2, -0.15) is 0 Å². The summed E-state index contributed by atoms with van der Waals surface area (Å²) in [4.78, 5) is 0. The van der Waals surface area contributed by atoms with Crippen molar-refractivity contribution in [2.45, 2.75) is 32.1 Å². The molecule has 2 aromatic rings. The average Bonchev–Trinajstić information content (AvgIpc) is 2.45. The van der Waals surface area contributed by atoms with Gasteiger partial charge in [-0.3, -0.25) is 0 Å². The summed E-state index contributed by atoms with van der Waals surface area (Å²) in [6, 6.07) is 14.6. The fourth-order valence-corrected chi connectivity index (χ4v) is 2.57. The van der Waals surface area contributed by atoms with E-state index in [1.807, 2.05) is 18.2 Å². The number of hydrogen-bond acceptors (Lipinski definition) is 0. The van der Waals surface area contributed by atoms with Crippen molar-refractivity contribution in [2.75, 3.05) is 0 Å². The lowest BCUT2D eigenvalue weighted by Crippen LogP contribution is -1.88. The van der Waals surface area contributed by atoms with E-state index in [-0.39, 0.29) is 0 Å². The highest BCUT2D eigenvalue weighted by Crippen LogP contribution is 2.28. The number of benzene rings is 2. The molecule has 0 spiro atoms. The van der Waals surface area contributed by atoms with Crippen LogP contribution in [-0.2, 0) is 12.3 Å². The highest BCUT2D eigenvalue weighted by atomic mass is 35.5. The second-order valence-electron chi connectivity index (χ2n) is 4.74. The minimum Gasteiger partial charge on any atom is -0.122 e. The zero-order valence-electron chi connectivity index (χ0n) is 11.1. The molecule has 0 aliphatic rings. The molecule has 0 bridgehead atoms. The Balaban J connectivity index is 2.29. The Labute approximate surface area is 125 Å². The van der Waals surface area contributed by atoms with Crippen LogP contribution in [0.2, 0.25) is 5.02 Å². The van der Waals surface area contributed by atoms with Crippen LogP contribution in [0, 0.1) is 0 Å². The van der Waals surface area contributed by atoms with E-state index >= 15 is 0 Å². The van der Waals surface area contributed by atoms with Crippen LogP contribution < -0.4 is 0 Å². The van der Waals surface area contributed by atoms with Crippen LogP contribution in [0.1, 0.15) is 30.9 Å². The highest BCUT2D eigenvalue weighted by Gasteiger charge is 2.05. The van der Waals surface area contributed by atoms with Crippen LogP contribution in [0.3, 0.4) is 0 Å². The van der Waals surface area contributed by atoms with Crippen molar-refractivity contribution in [1.29, 1.82) is 0 Å². The summed E-state index contributed by atoms with van der Waals surface area (Å²) >= 11 is 12.1. The smallest absolute Gasteiger partial charge is 0.0480 e. The zero-order valence-corrected chi connectivity index (χ0v) is 12.6. The molecule has 0 nitrogen and oxygen atoms in total. The van der Waals surface area contributed by atoms with Gasteiger partial charge in [0.05, 0.1) is 0 Å². The monoisotopic (exact) mass is 292 g/mol. The lowest BCUT2D eigenvalue weighted by Gasteiger charge is -2.09. The molecule has 0 amide bonds. The van der Waals surface area contributed by atoms with E-state index in [1.54, 1.807) is 0 Å². The average molecular weight is 293 g/mol. The largest absolute Gasteiger partial charge is 0.122 e. The Hall–Kier alpha value is -0.980. The van der Waals surface area contributed by atoms with Crippen LogP contribution >= 0.6 is 23.2 Å². The fourth-order valence-electron chi connectivity index (χ4n) is 2.17. The minimum atomic E-state index is 0.504. The summed E-state index contributed by atoms with van der Waals surface area (Å²) in [5.74, 6) is 0.504. The number of rotatable bonds is 5. The Morgan fingerprint density at radius 2 is 1.74 bits per heavy atom. The van der Waals surface area contributed by atoms with Crippen molar-refractivity contribution in [3.05, 3.63) is 58.6 Å². The fraction of sp³-hybridized carbons (Fsp3) is 0.294. The van der Waals surface area contributed by atoms with E-state index in [0.717, 1.165) is 22.6 Å². The predicted molar refractivity (Wildman–Crippen MR) is 85.1 cm³/mol. The predicted octanol–water partition coefficient (Wildman–Crippen LogP) is 6.09. The molecule has 19 heavy (non-hydrogen) atoms. The molecule has 0 saturated heterocycles. The summed E-state index contributed by atoms with van der Waals surface area (Å²) in [5, 5.41) is 0.749. The second kappa shape index (κ2) is 6.98. The number of aryl methyl sites for hydroxylation is 1. The molecule has 0 radical (unpaired) electrons. The minimum absolute atomic E-state index is 0.504. The van der Waals surface area contributed by atoms with Crippen molar-refractivity contribution < 1.29 is 0 Å². The second-order valence-corrected chi connectivity index (χ2v) is 5.44. The third-order valence-electron chi connectivity index (χ3n) is 3.30. The first-order chi connectivity index (χ1) is 9.24. The van der Waals surface area contributed by atoms with Gasteiger partial charge in [0, 0.05) is 10.9 Å². The van der Waals surface area contributed by atoms with Crippen molar-refractivity contribution >= 4 is 23.2 Å². The number of halogens is 2. The van der Waals surface area contributed by atoms with Gasteiger partial charge in [0.2, 0.25) is 0 Å². The first-order valence-electron chi connectivity index (χ1n) is 6.68. The molecule has 0 saturated carbocycles. The molecular formula is C17H18Cl2. The van der Waals surface area contributed by atoms with Gasteiger partial charge in [-0.1, -0.05) is 55.3 Å². The highest BCUT2D eigenvalue weighted by molar-refractivity contribution is 6.31. The van der Waals surface area contributed by atoms with E-state index in [1.165, 1.54) is 24.0 Å². The molecule has 0 N–H and O–H groups in total. The van der Waals surface area contributed by atoms with E-state index in [4.69, 9.17) is 23.2 Å². The maximum atomic E-state index is 6.08. The Bertz CT molecular complexity index is 529. The summed E-state index contributed by atoms with van der Waals surface area (Å²) in [6.45, 7) is 2.22. The molecule has 0 aliphatic heterocycles. The molecule has 0 heterocycles. The molecule has 0 aliphatic carbocycles. The van der Waals surface area contributed by atoms with Gasteiger partial charge in [-0.25, -0.2) is 0 Å². The third-order valence-corrected chi connectivity index (χ3v) is 3.82. The molecular weight excluding hydrogens is 275 g/mol. The maximum absolute atomic E-state index is 6.08. The van der Waals surface area contributed by atoms with Crippen LogP contribution in [0.15, 0.2) is 42.5 Å². The van der Waals surface area contributed by atoms with Crippen LogP contribution in [0.25, 0.3) is 11.1 Å². The van der Waals surface area contributed by atoms with Gasteiger partial charge < -0.3 is 0 Å². The van der Waals surface area contributed by atoms with Gasteiger partial charge in [-0.05, 0) is 47.2 Å². The van der Waals surface area contributed by atoms with Gasteiger partial charge in [0.25, 0.3) is 0 Å². The zero-order chi connectivity index (χ0) is 13.7. The molecule has 0 fully saturated rings. The summed E-state index contributed by atoms with van der Waals surface area (Å²) in [5.41, 5.74) is 4.82. The number of hydrogen-bond donors (Lipinski definition) is 0. The SMILES string of the molecule is CCCCc1ccc(-c2cc(Cl)ccc2CCl)cc1. The van der Waals surface area contributed by atoms with Gasteiger partial charge in [-0.15, -0.1) is 11.6 Å². The lowest BCUT2D eigenvalue weighted by molar-refractivity contribution is 0.795. The van der Waals surface area contributed by atoms with Crippen LogP contribution in [0.5, 0.6) is 0 Å². The Morgan fingerprint density at radius 3 is 2.37 bits per heavy atom. The van der Waals surface area contributed by atoms with Crippen molar-refractivity contribution in [2.24, 2.45) is 0 Å². The topological polar surface area (TPSA) is 0 Å².